The molecule has 0 heterocycles. The second-order valence-electron chi connectivity index (χ2n) is 2.07. The fraction of sp³-hybridized carbons (Fsp3) is 1.00. The minimum atomic E-state index is -1.81. The predicted octanol–water partition coefficient (Wildman–Crippen LogP) is 1.24. The standard InChI is InChI=1S/3CH3.ClH.H2O.Pb/h3*1H3;1H;1H2;/q;;;;;+1/p-1. The molecule has 0 aliphatic carbocycles. The third-order valence-corrected chi connectivity index (χ3v) is 0. The molecule has 0 rings (SSSR count). The maximum absolute atomic E-state index is 5.75. The Bertz CT molecular complexity index is 26.3. The van der Waals surface area contributed by atoms with E-state index in [-0.39, 0.29) is 5.48 Å². The summed E-state index contributed by atoms with van der Waals surface area (Å²) >= 11 is -1.81. The van der Waals surface area contributed by atoms with E-state index in [0.717, 1.165) is 0 Å². The van der Waals surface area contributed by atoms with Gasteiger partial charge in [0.1, 0.15) is 0 Å². The van der Waals surface area contributed by atoms with Gasteiger partial charge in [0, 0.05) is 0 Å². The van der Waals surface area contributed by atoms with Gasteiger partial charge in [-0.2, -0.15) is 0 Å². The van der Waals surface area contributed by atoms with Crippen LogP contribution in [0.15, 0.2) is 0 Å². The molecule has 6 heavy (non-hydrogen) atoms. The molecular weight excluding hydrogens is 295 g/mol. The Balaban J connectivity index is 0. The zero-order chi connectivity index (χ0) is 4.50. The van der Waals surface area contributed by atoms with Gasteiger partial charge < -0.3 is 5.48 Å². The second-order valence-corrected chi connectivity index (χ2v) is 28.1. The van der Waals surface area contributed by atoms with E-state index in [1.165, 1.54) is 0 Å². The SMILES string of the molecule is O.[CH3][Pb]([CH3])([CH3])[Cl]. The van der Waals surface area contributed by atoms with Gasteiger partial charge in [0.05, 0.1) is 0 Å². The Kier molecular flexibility index (Phi) is 5.46. The van der Waals surface area contributed by atoms with Crippen molar-refractivity contribution in [2.45, 2.75) is 13.4 Å². The van der Waals surface area contributed by atoms with Crippen molar-refractivity contribution in [2.75, 3.05) is 0 Å². The number of hydrogen-bond donors (Lipinski definition) is 0. The van der Waals surface area contributed by atoms with Crippen LogP contribution in [0.3, 0.4) is 0 Å². The van der Waals surface area contributed by atoms with Crippen molar-refractivity contribution in [3.8, 4) is 0 Å². The molecule has 40 valence electrons. The molecule has 1 nitrogen and oxygen atoms in total. The zero-order valence-electron chi connectivity index (χ0n) is 4.38. The molecule has 0 amide bonds. The Morgan fingerprint density at radius 1 is 1.17 bits per heavy atom. The first kappa shape index (κ1) is 10.2. The molecule has 0 spiro atoms. The fourth-order valence-electron chi connectivity index (χ4n) is 0. The molecule has 0 atom stereocenters. The van der Waals surface area contributed by atoms with Crippen LogP contribution < -0.4 is 0 Å². The van der Waals surface area contributed by atoms with E-state index in [0.29, 0.717) is 0 Å². The maximum atomic E-state index is 5.75. The van der Waals surface area contributed by atoms with Gasteiger partial charge >= 0.3 is 41.7 Å². The monoisotopic (exact) mass is 306 g/mol. The van der Waals surface area contributed by atoms with Gasteiger partial charge in [0.25, 0.3) is 0 Å². The summed E-state index contributed by atoms with van der Waals surface area (Å²) in [5, 5.41) is 0. The van der Waals surface area contributed by atoms with Crippen LogP contribution >= 0.6 is 8.32 Å². The Hall–Kier alpha value is 1.17. The second kappa shape index (κ2) is 3.21. The van der Waals surface area contributed by atoms with Crippen molar-refractivity contribution in [2.24, 2.45) is 0 Å². The molecule has 0 unspecified atom stereocenters. The van der Waals surface area contributed by atoms with Crippen LogP contribution in [0.1, 0.15) is 0 Å². The van der Waals surface area contributed by atoms with Crippen LogP contribution in [0.25, 0.3) is 0 Å². The van der Waals surface area contributed by atoms with E-state index in [2.05, 4.69) is 13.4 Å². The first-order valence-electron chi connectivity index (χ1n) is 1.69. The summed E-state index contributed by atoms with van der Waals surface area (Å²) in [4.78, 5) is 0. The summed E-state index contributed by atoms with van der Waals surface area (Å²) in [7, 11) is 5.75. The average molecular weight is 306 g/mol. The first-order chi connectivity index (χ1) is 2.00. The van der Waals surface area contributed by atoms with Crippen LogP contribution in [0, 0.1) is 0 Å². The van der Waals surface area contributed by atoms with Crippen molar-refractivity contribution in [1.82, 2.24) is 0 Å². The van der Waals surface area contributed by atoms with Gasteiger partial charge in [-0.3, -0.25) is 0 Å². The van der Waals surface area contributed by atoms with Gasteiger partial charge in [-0.05, 0) is 0 Å². The van der Waals surface area contributed by atoms with Gasteiger partial charge in [-0.1, -0.05) is 0 Å². The molecule has 0 saturated heterocycles. The average Bonchev–Trinajstić information content (AvgIpc) is 0.722. The van der Waals surface area contributed by atoms with Crippen LogP contribution in [0.2, 0.25) is 13.4 Å². The van der Waals surface area contributed by atoms with E-state index in [4.69, 9.17) is 8.32 Å². The van der Waals surface area contributed by atoms with Crippen molar-refractivity contribution < 1.29 is 5.48 Å². The van der Waals surface area contributed by atoms with Crippen LogP contribution in [0.4, 0.5) is 0 Å². The molecule has 2 N–H and O–H groups in total. The first-order valence-corrected chi connectivity index (χ1v) is 18.1. The Labute approximate surface area is 47.1 Å². The quantitative estimate of drug-likeness (QED) is 0.603. The molecule has 0 saturated carbocycles. The summed E-state index contributed by atoms with van der Waals surface area (Å²) < 4.78 is 6.53. The van der Waals surface area contributed by atoms with E-state index in [1.54, 1.807) is 0 Å². The van der Waals surface area contributed by atoms with E-state index < -0.39 is 19.9 Å². The van der Waals surface area contributed by atoms with Gasteiger partial charge in [-0.25, -0.2) is 0 Å². The van der Waals surface area contributed by atoms with Crippen LogP contribution in [-0.2, 0) is 0 Å². The van der Waals surface area contributed by atoms with Crippen LogP contribution in [-0.4, -0.2) is 25.4 Å². The predicted molar refractivity (Wildman–Crippen MR) is 32.8 cm³/mol. The number of halogens is 1. The molecule has 3 heteroatoms. The number of rotatable bonds is 0. The third-order valence-electron chi connectivity index (χ3n) is 0. The van der Waals surface area contributed by atoms with Gasteiger partial charge in [0.2, 0.25) is 0 Å². The molecule has 0 aliphatic heterocycles. The van der Waals surface area contributed by atoms with Gasteiger partial charge in [-0.15, -0.1) is 0 Å². The minimum absolute atomic E-state index is 0. The molecule has 0 fully saturated rings. The van der Waals surface area contributed by atoms with Crippen molar-refractivity contribution in [1.29, 1.82) is 0 Å². The molecule has 0 aromatic carbocycles. The van der Waals surface area contributed by atoms with E-state index >= 15 is 0 Å². The zero-order valence-corrected chi connectivity index (χ0v) is 9.02. The van der Waals surface area contributed by atoms with Crippen LogP contribution in [0.5, 0.6) is 0 Å². The third kappa shape index (κ3) is 65.5. The number of hydrogen-bond acceptors (Lipinski definition) is 0. The fourth-order valence-corrected chi connectivity index (χ4v) is 0. The molecule has 0 aromatic rings. The topological polar surface area (TPSA) is 31.5 Å². The van der Waals surface area contributed by atoms with Crippen molar-refractivity contribution in [3.63, 3.8) is 0 Å². The molecule has 0 radical (unpaired) electrons. The summed E-state index contributed by atoms with van der Waals surface area (Å²) in [6.07, 6.45) is 0. The summed E-state index contributed by atoms with van der Waals surface area (Å²) in [6, 6.07) is 0. The normalized spacial score (nSPS) is 10.0. The Morgan fingerprint density at radius 2 is 1.17 bits per heavy atom. The van der Waals surface area contributed by atoms with E-state index in [1.807, 2.05) is 0 Å². The van der Waals surface area contributed by atoms with Crippen molar-refractivity contribution in [3.05, 3.63) is 0 Å². The Morgan fingerprint density at radius 3 is 1.17 bits per heavy atom. The van der Waals surface area contributed by atoms with E-state index in [9.17, 15) is 0 Å². The summed E-state index contributed by atoms with van der Waals surface area (Å²) in [5.74, 6) is 0. The summed E-state index contributed by atoms with van der Waals surface area (Å²) in [5.41, 5.74) is 0. The molecular formula is C3H11ClOPb. The van der Waals surface area contributed by atoms with Gasteiger partial charge in [0.15, 0.2) is 0 Å². The molecule has 0 bridgehead atoms. The summed E-state index contributed by atoms with van der Waals surface area (Å²) in [6.45, 7) is 0. The molecule has 0 aromatic heterocycles. The van der Waals surface area contributed by atoms with Crippen molar-refractivity contribution >= 4 is 28.3 Å². The molecule has 0 aliphatic rings.